The maximum absolute atomic E-state index is 10.9. The topological polar surface area (TPSA) is 58.4 Å². The van der Waals surface area contributed by atoms with E-state index in [9.17, 15) is 10.1 Å². The number of nitro benzene ring substituents is 1. The molecule has 2 rings (SSSR count). The van der Waals surface area contributed by atoms with Gasteiger partial charge in [0.1, 0.15) is 0 Å². The van der Waals surface area contributed by atoms with Gasteiger partial charge in [-0.15, -0.1) is 0 Å². The van der Waals surface area contributed by atoms with Crippen molar-refractivity contribution in [3.63, 3.8) is 0 Å². The zero-order valence-corrected chi connectivity index (χ0v) is 12.3. The number of nitrogens with zero attached hydrogens (tertiary/aromatic N) is 2. The van der Waals surface area contributed by atoms with Crippen molar-refractivity contribution >= 4 is 11.4 Å². The van der Waals surface area contributed by atoms with Gasteiger partial charge < -0.3 is 10.2 Å². The second kappa shape index (κ2) is 6.70. The minimum absolute atomic E-state index is 0.182. The molecule has 5 nitrogen and oxygen atoms in total. The first kappa shape index (κ1) is 14.8. The van der Waals surface area contributed by atoms with E-state index in [0.29, 0.717) is 5.56 Å². The van der Waals surface area contributed by atoms with E-state index in [1.54, 1.807) is 19.1 Å². The van der Waals surface area contributed by atoms with Crippen molar-refractivity contribution in [2.75, 3.05) is 31.5 Å². The average molecular weight is 277 g/mol. The Hall–Kier alpha value is -1.62. The maximum Gasteiger partial charge on any atom is 0.274 e. The summed E-state index contributed by atoms with van der Waals surface area (Å²) in [6.07, 6.45) is 2.55. The van der Waals surface area contributed by atoms with Crippen LogP contribution in [0.3, 0.4) is 0 Å². The van der Waals surface area contributed by atoms with E-state index < -0.39 is 0 Å². The Morgan fingerprint density at radius 2 is 2.10 bits per heavy atom. The minimum atomic E-state index is -0.327. The fraction of sp³-hybridized carbons (Fsp3) is 0.600. The van der Waals surface area contributed by atoms with Crippen molar-refractivity contribution in [2.45, 2.75) is 26.7 Å². The molecule has 0 bridgehead atoms. The van der Waals surface area contributed by atoms with E-state index in [0.717, 1.165) is 37.8 Å². The summed E-state index contributed by atoms with van der Waals surface area (Å²) in [5, 5.41) is 14.2. The van der Waals surface area contributed by atoms with Crippen molar-refractivity contribution in [3.8, 4) is 0 Å². The van der Waals surface area contributed by atoms with Gasteiger partial charge in [-0.25, -0.2) is 0 Å². The number of nitrogens with one attached hydrogen (secondary N) is 1. The quantitative estimate of drug-likeness (QED) is 0.664. The van der Waals surface area contributed by atoms with Crippen LogP contribution >= 0.6 is 0 Å². The molecule has 110 valence electrons. The molecule has 1 heterocycles. The zero-order valence-electron chi connectivity index (χ0n) is 12.3. The number of hydrogen-bond acceptors (Lipinski definition) is 4. The lowest BCUT2D eigenvalue weighted by atomic mass is 9.99. The summed E-state index contributed by atoms with van der Waals surface area (Å²) in [6.45, 7) is 8.22. The highest BCUT2D eigenvalue weighted by molar-refractivity contribution is 5.54. The van der Waals surface area contributed by atoms with Gasteiger partial charge >= 0.3 is 0 Å². The summed E-state index contributed by atoms with van der Waals surface area (Å²) in [7, 11) is 0. The summed E-state index contributed by atoms with van der Waals surface area (Å²) < 4.78 is 0. The number of nitro groups is 1. The third kappa shape index (κ3) is 3.93. The Morgan fingerprint density at radius 1 is 1.40 bits per heavy atom. The van der Waals surface area contributed by atoms with Crippen LogP contribution < -0.4 is 5.32 Å². The molecule has 0 unspecified atom stereocenters. The monoisotopic (exact) mass is 277 g/mol. The van der Waals surface area contributed by atoms with Crippen molar-refractivity contribution in [1.82, 2.24) is 4.90 Å². The highest BCUT2D eigenvalue weighted by Gasteiger charge is 2.15. The van der Waals surface area contributed by atoms with E-state index in [1.165, 1.54) is 12.8 Å². The van der Waals surface area contributed by atoms with Crippen molar-refractivity contribution in [3.05, 3.63) is 33.9 Å². The van der Waals surface area contributed by atoms with Gasteiger partial charge in [0.05, 0.1) is 4.92 Å². The van der Waals surface area contributed by atoms with Crippen LogP contribution in [-0.4, -0.2) is 36.0 Å². The van der Waals surface area contributed by atoms with Crippen LogP contribution in [0.25, 0.3) is 0 Å². The second-order valence-electron chi connectivity index (χ2n) is 5.71. The van der Waals surface area contributed by atoms with Gasteiger partial charge in [-0.05, 0) is 44.8 Å². The molecule has 1 aliphatic rings. The molecule has 1 N–H and O–H groups in total. The molecule has 0 atom stereocenters. The molecular weight excluding hydrogens is 254 g/mol. The summed E-state index contributed by atoms with van der Waals surface area (Å²) in [5.41, 5.74) is 1.71. The molecule has 0 saturated carbocycles. The maximum atomic E-state index is 10.9. The summed E-state index contributed by atoms with van der Waals surface area (Å²) in [5.74, 6) is 0.846. The molecule has 1 aliphatic heterocycles. The van der Waals surface area contributed by atoms with Gasteiger partial charge in [0.25, 0.3) is 5.69 Å². The highest BCUT2D eigenvalue weighted by atomic mass is 16.6. The van der Waals surface area contributed by atoms with Gasteiger partial charge in [0, 0.05) is 30.4 Å². The fourth-order valence-electron chi connectivity index (χ4n) is 2.56. The first-order valence-electron chi connectivity index (χ1n) is 7.27. The zero-order chi connectivity index (χ0) is 14.5. The Bertz CT molecular complexity index is 468. The molecule has 0 radical (unpaired) electrons. The molecule has 1 fully saturated rings. The molecule has 1 saturated heterocycles. The minimum Gasteiger partial charge on any atom is -0.384 e. The predicted octanol–water partition coefficient (Wildman–Crippen LogP) is 3.05. The smallest absolute Gasteiger partial charge is 0.274 e. The Kier molecular flexibility index (Phi) is 4.95. The highest BCUT2D eigenvalue weighted by Crippen LogP contribution is 2.22. The van der Waals surface area contributed by atoms with Crippen LogP contribution in [0.15, 0.2) is 18.2 Å². The Labute approximate surface area is 120 Å². The molecule has 0 aromatic heterocycles. The van der Waals surface area contributed by atoms with E-state index >= 15 is 0 Å². The molecular formula is C15H23N3O2. The number of rotatable bonds is 5. The number of benzene rings is 1. The van der Waals surface area contributed by atoms with Crippen LogP contribution in [-0.2, 0) is 0 Å². The lowest BCUT2D eigenvalue weighted by Crippen LogP contribution is -2.36. The largest absolute Gasteiger partial charge is 0.384 e. The van der Waals surface area contributed by atoms with Crippen molar-refractivity contribution in [2.24, 2.45) is 5.92 Å². The lowest BCUT2D eigenvalue weighted by Gasteiger charge is -2.30. The first-order chi connectivity index (χ1) is 9.56. The fourth-order valence-corrected chi connectivity index (χ4v) is 2.56. The molecule has 1 aromatic rings. The van der Waals surface area contributed by atoms with Gasteiger partial charge in [-0.2, -0.15) is 0 Å². The molecule has 0 spiro atoms. The number of piperidine rings is 1. The van der Waals surface area contributed by atoms with Crippen LogP contribution in [0.5, 0.6) is 0 Å². The average Bonchev–Trinajstić information content (AvgIpc) is 2.42. The number of hydrogen-bond donors (Lipinski definition) is 1. The standard InChI is InChI=1S/C15H23N3O2/c1-12-5-8-17(9-6-12)10-7-16-14-4-3-13(2)15(11-14)18(19)20/h3-4,11-12,16H,5-10H2,1-2H3. The first-order valence-corrected chi connectivity index (χ1v) is 7.27. The molecule has 20 heavy (non-hydrogen) atoms. The van der Waals surface area contributed by atoms with Crippen molar-refractivity contribution < 1.29 is 4.92 Å². The number of anilines is 1. The Morgan fingerprint density at radius 3 is 2.75 bits per heavy atom. The van der Waals surface area contributed by atoms with Crippen LogP contribution in [0.2, 0.25) is 0 Å². The van der Waals surface area contributed by atoms with Gasteiger partial charge in [-0.1, -0.05) is 13.0 Å². The van der Waals surface area contributed by atoms with E-state index in [1.807, 2.05) is 6.07 Å². The van der Waals surface area contributed by atoms with Gasteiger partial charge in [0.15, 0.2) is 0 Å². The lowest BCUT2D eigenvalue weighted by molar-refractivity contribution is -0.385. The normalized spacial score (nSPS) is 17.1. The Balaban J connectivity index is 1.82. The third-order valence-corrected chi connectivity index (χ3v) is 4.04. The van der Waals surface area contributed by atoms with Crippen LogP contribution in [0.1, 0.15) is 25.3 Å². The van der Waals surface area contributed by atoms with Crippen LogP contribution in [0.4, 0.5) is 11.4 Å². The number of likely N-dealkylation sites (tertiary alicyclic amines) is 1. The van der Waals surface area contributed by atoms with E-state index in [2.05, 4.69) is 17.1 Å². The van der Waals surface area contributed by atoms with Gasteiger partial charge in [0.2, 0.25) is 0 Å². The summed E-state index contributed by atoms with van der Waals surface area (Å²) in [6, 6.07) is 5.32. The van der Waals surface area contributed by atoms with Gasteiger partial charge in [-0.3, -0.25) is 10.1 Å². The summed E-state index contributed by atoms with van der Waals surface area (Å²) >= 11 is 0. The summed E-state index contributed by atoms with van der Waals surface area (Å²) in [4.78, 5) is 13.0. The molecule has 0 amide bonds. The number of aryl methyl sites for hydroxylation is 1. The van der Waals surface area contributed by atoms with Crippen LogP contribution in [0, 0.1) is 23.0 Å². The van der Waals surface area contributed by atoms with E-state index in [-0.39, 0.29) is 10.6 Å². The SMILES string of the molecule is Cc1ccc(NCCN2CCC(C)CC2)cc1[N+](=O)[O-]. The molecule has 0 aliphatic carbocycles. The third-order valence-electron chi connectivity index (χ3n) is 4.04. The predicted molar refractivity (Wildman–Crippen MR) is 81.2 cm³/mol. The van der Waals surface area contributed by atoms with Crippen molar-refractivity contribution in [1.29, 1.82) is 0 Å². The van der Waals surface area contributed by atoms with E-state index in [4.69, 9.17) is 0 Å². The molecule has 5 heteroatoms. The molecule has 1 aromatic carbocycles. The second-order valence-corrected chi connectivity index (χ2v) is 5.71.